The Kier molecular flexibility index (Phi) is 3.80. The number of nitriles is 1. The fraction of sp³-hybridized carbons (Fsp3) is 0.0769. The summed E-state index contributed by atoms with van der Waals surface area (Å²) >= 11 is 3.30. The van der Waals surface area contributed by atoms with Crippen LogP contribution in [0, 0.1) is 11.3 Å². The normalized spacial score (nSPS) is 9.61. The average molecular weight is 304 g/mol. The third-order valence-corrected chi connectivity index (χ3v) is 2.78. The van der Waals surface area contributed by atoms with Gasteiger partial charge in [0.2, 0.25) is 0 Å². The van der Waals surface area contributed by atoms with Crippen molar-refractivity contribution < 1.29 is 4.74 Å². The minimum atomic E-state index is 0.510. The van der Waals surface area contributed by atoms with Gasteiger partial charge in [-0.05, 0) is 40.2 Å². The number of ether oxygens (including phenoxy) is 1. The zero-order chi connectivity index (χ0) is 13.0. The van der Waals surface area contributed by atoms with Gasteiger partial charge in [-0.25, -0.2) is 4.98 Å². The minimum absolute atomic E-state index is 0.510. The highest BCUT2D eigenvalue weighted by atomic mass is 79.9. The van der Waals surface area contributed by atoms with Crippen LogP contribution in [-0.2, 0) is 0 Å². The molecule has 1 aromatic carbocycles. The molecule has 0 aliphatic rings. The Bertz CT molecular complexity index is 607. The second-order valence-corrected chi connectivity index (χ2v) is 4.28. The van der Waals surface area contributed by atoms with Crippen LogP contribution in [0.2, 0.25) is 0 Å². The molecule has 5 heteroatoms. The number of rotatable bonds is 3. The lowest BCUT2D eigenvalue weighted by Crippen LogP contribution is -1.99. The molecule has 0 fully saturated rings. The maximum atomic E-state index is 9.10. The second-order valence-electron chi connectivity index (χ2n) is 3.47. The first-order valence-corrected chi connectivity index (χ1v) is 6.00. The predicted octanol–water partition coefficient (Wildman–Crippen LogP) is 3.47. The number of aromatic nitrogens is 1. The number of halogens is 1. The molecule has 0 spiro atoms. The van der Waals surface area contributed by atoms with Crippen molar-refractivity contribution in [3.05, 3.63) is 46.6 Å². The van der Waals surface area contributed by atoms with Crippen LogP contribution >= 0.6 is 15.9 Å². The molecule has 0 atom stereocenters. The van der Waals surface area contributed by atoms with Crippen molar-refractivity contribution in [3.8, 4) is 11.8 Å². The fourth-order valence-electron chi connectivity index (χ4n) is 1.53. The van der Waals surface area contributed by atoms with Crippen LogP contribution in [0.5, 0.6) is 5.75 Å². The average Bonchev–Trinajstić information content (AvgIpc) is 2.39. The van der Waals surface area contributed by atoms with Crippen molar-refractivity contribution in [2.24, 2.45) is 0 Å². The Morgan fingerprint density at radius 1 is 1.28 bits per heavy atom. The molecule has 0 amide bonds. The van der Waals surface area contributed by atoms with Crippen LogP contribution in [0.4, 0.5) is 11.5 Å². The van der Waals surface area contributed by atoms with Gasteiger partial charge in [-0.15, -0.1) is 0 Å². The van der Waals surface area contributed by atoms with Gasteiger partial charge in [0.15, 0.2) is 0 Å². The monoisotopic (exact) mass is 303 g/mol. The van der Waals surface area contributed by atoms with Crippen LogP contribution in [-0.4, -0.2) is 12.1 Å². The van der Waals surface area contributed by atoms with Crippen molar-refractivity contribution in [1.82, 2.24) is 4.98 Å². The van der Waals surface area contributed by atoms with Gasteiger partial charge >= 0.3 is 0 Å². The predicted molar refractivity (Wildman–Crippen MR) is 72.9 cm³/mol. The smallest absolute Gasteiger partial charge is 0.143 e. The summed E-state index contributed by atoms with van der Waals surface area (Å²) < 4.78 is 5.96. The first kappa shape index (κ1) is 12.4. The third-order valence-electron chi connectivity index (χ3n) is 2.33. The van der Waals surface area contributed by atoms with Crippen LogP contribution < -0.4 is 10.1 Å². The minimum Gasteiger partial charge on any atom is -0.495 e. The Balaban J connectivity index is 2.42. The van der Waals surface area contributed by atoms with E-state index in [4.69, 9.17) is 10.00 Å². The van der Waals surface area contributed by atoms with E-state index in [9.17, 15) is 0 Å². The fourth-order valence-corrected chi connectivity index (χ4v) is 1.87. The summed E-state index contributed by atoms with van der Waals surface area (Å²) in [5.74, 6) is 1.25. The number of nitrogens with zero attached hydrogens (tertiary/aromatic N) is 2. The number of para-hydroxylation sites is 1. The number of anilines is 2. The van der Waals surface area contributed by atoms with E-state index in [1.165, 1.54) is 0 Å². The molecule has 0 unspecified atom stereocenters. The van der Waals surface area contributed by atoms with E-state index in [0.717, 1.165) is 4.60 Å². The van der Waals surface area contributed by atoms with Gasteiger partial charge in [0.25, 0.3) is 0 Å². The third kappa shape index (κ3) is 2.60. The van der Waals surface area contributed by atoms with Gasteiger partial charge in [0.05, 0.1) is 12.7 Å². The van der Waals surface area contributed by atoms with E-state index in [1.807, 2.05) is 18.2 Å². The summed E-state index contributed by atoms with van der Waals surface area (Å²) in [7, 11) is 1.57. The highest BCUT2D eigenvalue weighted by Crippen LogP contribution is 2.30. The molecule has 0 radical (unpaired) electrons. The molecule has 2 rings (SSSR count). The molecule has 1 N–H and O–H groups in total. The maximum absolute atomic E-state index is 9.10. The van der Waals surface area contributed by atoms with Crippen LogP contribution in [0.3, 0.4) is 0 Å². The standard InChI is InChI=1S/C13H10BrN3O/c1-18-10-5-2-4-9(8-15)13(10)17-12-7-3-6-11(14)16-12/h2-7H,1H3,(H,16,17). The molecule has 2 aromatic rings. The van der Waals surface area contributed by atoms with Gasteiger partial charge in [-0.3, -0.25) is 0 Å². The summed E-state index contributed by atoms with van der Waals surface area (Å²) in [6.45, 7) is 0. The summed E-state index contributed by atoms with van der Waals surface area (Å²) in [5.41, 5.74) is 1.13. The van der Waals surface area contributed by atoms with Gasteiger partial charge in [-0.2, -0.15) is 5.26 Å². The lowest BCUT2D eigenvalue weighted by Gasteiger charge is -2.12. The second kappa shape index (κ2) is 5.52. The van der Waals surface area contributed by atoms with E-state index in [2.05, 4.69) is 32.3 Å². The zero-order valence-electron chi connectivity index (χ0n) is 9.64. The van der Waals surface area contributed by atoms with Gasteiger partial charge in [-0.1, -0.05) is 12.1 Å². The number of hydrogen-bond acceptors (Lipinski definition) is 4. The van der Waals surface area contributed by atoms with Crippen LogP contribution in [0.25, 0.3) is 0 Å². The Morgan fingerprint density at radius 2 is 2.06 bits per heavy atom. The number of pyridine rings is 1. The van der Waals surface area contributed by atoms with E-state index in [-0.39, 0.29) is 0 Å². The molecule has 0 saturated carbocycles. The first-order chi connectivity index (χ1) is 8.74. The molecule has 0 aliphatic heterocycles. The molecular weight excluding hydrogens is 294 g/mol. The zero-order valence-corrected chi connectivity index (χ0v) is 11.2. The van der Waals surface area contributed by atoms with Gasteiger partial charge in [0.1, 0.15) is 27.9 Å². The lowest BCUT2D eigenvalue weighted by atomic mass is 10.2. The van der Waals surface area contributed by atoms with Crippen molar-refractivity contribution >= 4 is 27.4 Å². The summed E-state index contributed by atoms with van der Waals surface area (Å²) in [4.78, 5) is 4.26. The Hall–Kier alpha value is -2.06. The van der Waals surface area contributed by atoms with Crippen molar-refractivity contribution in [2.45, 2.75) is 0 Å². The Morgan fingerprint density at radius 3 is 2.72 bits per heavy atom. The number of methoxy groups -OCH3 is 1. The van der Waals surface area contributed by atoms with Crippen molar-refractivity contribution in [3.63, 3.8) is 0 Å². The molecule has 0 bridgehead atoms. The SMILES string of the molecule is COc1cccc(C#N)c1Nc1cccc(Br)n1. The van der Waals surface area contributed by atoms with E-state index in [1.54, 1.807) is 25.3 Å². The van der Waals surface area contributed by atoms with Crippen LogP contribution in [0.15, 0.2) is 41.0 Å². The topological polar surface area (TPSA) is 57.9 Å². The van der Waals surface area contributed by atoms with Gasteiger partial charge < -0.3 is 10.1 Å². The number of nitrogens with one attached hydrogen (secondary N) is 1. The largest absolute Gasteiger partial charge is 0.495 e. The summed E-state index contributed by atoms with van der Waals surface area (Å²) in [5, 5.41) is 12.2. The molecule has 0 saturated heterocycles. The molecule has 0 aliphatic carbocycles. The maximum Gasteiger partial charge on any atom is 0.143 e. The van der Waals surface area contributed by atoms with Crippen LogP contribution in [0.1, 0.15) is 5.56 Å². The molecule has 1 aromatic heterocycles. The lowest BCUT2D eigenvalue weighted by molar-refractivity contribution is 0.416. The first-order valence-electron chi connectivity index (χ1n) is 5.21. The highest BCUT2D eigenvalue weighted by Gasteiger charge is 2.09. The van der Waals surface area contributed by atoms with E-state index >= 15 is 0 Å². The molecule has 4 nitrogen and oxygen atoms in total. The molecule has 1 heterocycles. The molecule has 90 valence electrons. The number of benzene rings is 1. The summed E-state index contributed by atoms with van der Waals surface area (Å²) in [6, 6.07) is 12.9. The summed E-state index contributed by atoms with van der Waals surface area (Å²) in [6.07, 6.45) is 0. The van der Waals surface area contributed by atoms with Crippen molar-refractivity contribution in [1.29, 1.82) is 5.26 Å². The molecule has 18 heavy (non-hydrogen) atoms. The van der Waals surface area contributed by atoms with Crippen molar-refractivity contribution in [2.75, 3.05) is 12.4 Å². The quantitative estimate of drug-likeness (QED) is 0.882. The molecular formula is C13H10BrN3O. The highest BCUT2D eigenvalue weighted by molar-refractivity contribution is 9.10. The van der Waals surface area contributed by atoms with Gasteiger partial charge in [0, 0.05) is 0 Å². The number of hydrogen-bond donors (Lipinski definition) is 1. The van der Waals surface area contributed by atoms with E-state index in [0.29, 0.717) is 22.8 Å². The van der Waals surface area contributed by atoms with E-state index < -0.39 is 0 Å². The Labute approximate surface area is 113 Å².